The lowest BCUT2D eigenvalue weighted by atomic mass is 9.82. The Kier molecular flexibility index (Phi) is 8.90. The molecule has 1 saturated carbocycles. The summed E-state index contributed by atoms with van der Waals surface area (Å²) in [5.74, 6) is 0.0412. The van der Waals surface area contributed by atoms with E-state index in [1.165, 1.54) is 24.8 Å². The van der Waals surface area contributed by atoms with Crippen LogP contribution in [-0.4, -0.2) is 33.0 Å². The number of imidazole rings is 1. The maximum absolute atomic E-state index is 11.1. The minimum atomic E-state index is -0.371. The molecule has 0 spiro atoms. The van der Waals surface area contributed by atoms with Gasteiger partial charge in [-0.3, -0.25) is 10.0 Å². The van der Waals surface area contributed by atoms with Gasteiger partial charge in [-0.25, -0.2) is 10.5 Å². The van der Waals surface area contributed by atoms with Gasteiger partial charge in [-0.2, -0.15) is 0 Å². The highest BCUT2D eigenvalue weighted by atomic mass is 16.6. The van der Waals surface area contributed by atoms with Crippen LogP contribution in [0.1, 0.15) is 63.0 Å². The molecular formula is C23H32N4O3. The number of rotatable bonds is 11. The van der Waals surface area contributed by atoms with Crippen molar-refractivity contribution >= 4 is 11.6 Å². The highest BCUT2D eigenvalue weighted by Crippen LogP contribution is 2.31. The minimum Gasteiger partial charge on any atom is -0.396 e. The lowest BCUT2D eigenvalue weighted by Gasteiger charge is -2.29. The first-order valence-corrected chi connectivity index (χ1v) is 10.9. The maximum atomic E-state index is 11.1. The number of nitrogens with one attached hydrogen (secondary N) is 1. The largest absolute Gasteiger partial charge is 0.396 e. The summed E-state index contributed by atoms with van der Waals surface area (Å²) in [6.45, 7) is 0.455. The van der Waals surface area contributed by atoms with E-state index in [-0.39, 0.29) is 18.4 Å². The molecule has 7 heteroatoms. The molecule has 0 bridgehead atoms. The highest BCUT2D eigenvalue weighted by molar-refractivity contribution is 5.90. The van der Waals surface area contributed by atoms with Gasteiger partial charge in [0.25, 0.3) is 0 Å². The Balaban J connectivity index is 1.73. The van der Waals surface area contributed by atoms with Gasteiger partial charge in [0.1, 0.15) is 6.61 Å². The fourth-order valence-corrected chi connectivity index (χ4v) is 4.09. The number of nitrogens with zero attached hydrogens (tertiary/aromatic N) is 3. The number of carbonyl (C=O) groups excluding carboxylic acids is 1. The van der Waals surface area contributed by atoms with Crippen molar-refractivity contribution < 1.29 is 14.8 Å². The first kappa shape index (κ1) is 22.0. The number of unbranched alkanes of at least 4 members (excludes halogenated alkanes) is 1. The van der Waals surface area contributed by atoms with Crippen LogP contribution in [0.15, 0.2) is 54.2 Å². The topological polar surface area (TPSA) is 88.7 Å². The summed E-state index contributed by atoms with van der Waals surface area (Å²) in [6.07, 6.45) is 14.2. The van der Waals surface area contributed by atoms with Crippen LogP contribution in [0.5, 0.6) is 0 Å². The van der Waals surface area contributed by atoms with Gasteiger partial charge in [0.05, 0.1) is 18.1 Å². The van der Waals surface area contributed by atoms with Gasteiger partial charge in [0, 0.05) is 24.7 Å². The Hall–Kier alpha value is -2.67. The SMILES string of the molecule is O=C(CCCCO/N=C(\C1CCCCC1)C(Cc1ccccc1)n1ccnc1)NO. The van der Waals surface area contributed by atoms with Crippen molar-refractivity contribution in [3.05, 3.63) is 54.6 Å². The Morgan fingerprint density at radius 1 is 1.23 bits per heavy atom. The Morgan fingerprint density at radius 3 is 2.73 bits per heavy atom. The zero-order valence-corrected chi connectivity index (χ0v) is 17.4. The average molecular weight is 413 g/mol. The zero-order valence-electron chi connectivity index (χ0n) is 17.4. The second-order valence-electron chi connectivity index (χ2n) is 7.89. The van der Waals surface area contributed by atoms with E-state index in [0.29, 0.717) is 25.4 Å². The van der Waals surface area contributed by atoms with Crippen LogP contribution in [0.3, 0.4) is 0 Å². The smallest absolute Gasteiger partial charge is 0.243 e. The summed E-state index contributed by atoms with van der Waals surface area (Å²) in [7, 11) is 0. The number of carbonyl (C=O) groups is 1. The number of aromatic nitrogens is 2. The summed E-state index contributed by atoms with van der Waals surface area (Å²) >= 11 is 0. The fraction of sp³-hybridized carbons (Fsp3) is 0.522. The third-order valence-corrected chi connectivity index (χ3v) is 5.71. The van der Waals surface area contributed by atoms with Gasteiger partial charge in [-0.1, -0.05) is 54.8 Å². The Labute approximate surface area is 178 Å². The van der Waals surface area contributed by atoms with Gasteiger partial charge in [-0.05, 0) is 37.7 Å². The zero-order chi connectivity index (χ0) is 21.0. The second-order valence-corrected chi connectivity index (χ2v) is 7.89. The van der Waals surface area contributed by atoms with Gasteiger partial charge < -0.3 is 9.40 Å². The molecular weight excluding hydrogens is 380 g/mol. The third-order valence-electron chi connectivity index (χ3n) is 5.71. The number of hydroxylamine groups is 1. The van der Waals surface area contributed by atoms with Gasteiger partial charge >= 0.3 is 0 Å². The van der Waals surface area contributed by atoms with E-state index >= 15 is 0 Å². The molecule has 1 amide bonds. The van der Waals surface area contributed by atoms with E-state index in [9.17, 15) is 4.79 Å². The summed E-state index contributed by atoms with van der Waals surface area (Å²) < 4.78 is 2.13. The average Bonchev–Trinajstić information content (AvgIpc) is 3.33. The van der Waals surface area contributed by atoms with Crippen molar-refractivity contribution in [3.8, 4) is 0 Å². The van der Waals surface area contributed by atoms with Crippen molar-refractivity contribution in [1.82, 2.24) is 15.0 Å². The molecule has 7 nitrogen and oxygen atoms in total. The monoisotopic (exact) mass is 412 g/mol. The van der Waals surface area contributed by atoms with E-state index in [1.54, 1.807) is 5.48 Å². The first-order chi connectivity index (χ1) is 14.8. The van der Waals surface area contributed by atoms with Gasteiger partial charge in [0.15, 0.2) is 0 Å². The standard InChI is InChI=1S/C23H32N4O3/c28-22(25-29)13-7-8-16-30-26-23(20-11-5-2-6-12-20)21(27-15-14-24-18-27)17-19-9-3-1-4-10-19/h1,3-4,9-10,14-15,18,20-21,29H,2,5-8,11-13,16-17H2,(H,25,28)/b26-23+. The summed E-state index contributed by atoms with van der Waals surface area (Å²) in [5.41, 5.74) is 4.00. The minimum absolute atomic E-state index is 0.0677. The van der Waals surface area contributed by atoms with Crippen molar-refractivity contribution in [3.63, 3.8) is 0 Å². The molecule has 162 valence electrons. The van der Waals surface area contributed by atoms with E-state index in [0.717, 1.165) is 25.0 Å². The van der Waals surface area contributed by atoms with Crippen molar-refractivity contribution in [2.75, 3.05) is 6.61 Å². The van der Waals surface area contributed by atoms with Crippen LogP contribution >= 0.6 is 0 Å². The molecule has 1 unspecified atom stereocenters. The maximum Gasteiger partial charge on any atom is 0.243 e. The van der Waals surface area contributed by atoms with Crippen LogP contribution < -0.4 is 5.48 Å². The Morgan fingerprint density at radius 2 is 2.03 bits per heavy atom. The van der Waals surface area contributed by atoms with E-state index in [1.807, 2.05) is 24.8 Å². The fourth-order valence-electron chi connectivity index (χ4n) is 4.09. The second kappa shape index (κ2) is 12.1. The molecule has 1 aromatic heterocycles. The van der Waals surface area contributed by atoms with Crippen LogP contribution in [0.2, 0.25) is 0 Å². The molecule has 0 saturated heterocycles. The number of amides is 1. The summed E-state index contributed by atoms with van der Waals surface area (Å²) in [4.78, 5) is 21.1. The Bertz CT molecular complexity index is 771. The molecule has 1 heterocycles. The van der Waals surface area contributed by atoms with Gasteiger partial charge in [0.2, 0.25) is 5.91 Å². The van der Waals surface area contributed by atoms with Crippen LogP contribution in [0.25, 0.3) is 0 Å². The van der Waals surface area contributed by atoms with E-state index in [4.69, 9.17) is 10.0 Å². The van der Waals surface area contributed by atoms with Crippen LogP contribution in [0.4, 0.5) is 0 Å². The van der Waals surface area contributed by atoms with Crippen molar-refractivity contribution in [2.45, 2.75) is 63.8 Å². The van der Waals surface area contributed by atoms with Crippen LogP contribution in [0, 0.1) is 5.92 Å². The molecule has 1 atom stereocenters. The number of hydrogen-bond donors (Lipinski definition) is 2. The van der Waals surface area contributed by atoms with Gasteiger partial charge in [-0.15, -0.1) is 0 Å². The molecule has 1 aromatic carbocycles. The number of hydrogen-bond acceptors (Lipinski definition) is 5. The lowest BCUT2D eigenvalue weighted by Crippen LogP contribution is -2.29. The normalized spacial score (nSPS) is 16.2. The summed E-state index contributed by atoms with van der Waals surface area (Å²) in [6, 6.07) is 10.5. The highest BCUT2D eigenvalue weighted by Gasteiger charge is 2.28. The summed E-state index contributed by atoms with van der Waals surface area (Å²) in [5, 5.41) is 13.2. The van der Waals surface area contributed by atoms with Crippen LogP contribution in [-0.2, 0) is 16.1 Å². The molecule has 1 fully saturated rings. The molecule has 0 radical (unpaired) electrons. The predicted molar refractivity (Wildman–Crippen MR) is 115 cm³/mol. The molecule has 1 aliphatic carbocycles. The predicted octanol–water partition coefficient (Wildman–Crippen LogP) is 4.30. The van der Waals surface area contributed by atoms with Crippen molar-refractivity contribution in [2.24, 2.45) is 11.1 Å². The molecule has 2 N–H and O–H groups in total. The van der Waals surface area contributed by atoms with E-state index in [2.05, 4.69) is 39.0 Å². The molecule has 0 aliphatic heterocycles. The first-order valence-electron chi connectivity index (χ1n) is 10.9. The number of oxime groups is 1. The molecule has 30 heavy (non-hydrogen) atoms. The van der Waals surface area contributed by atoms with E-state index < -0.39 is 0 Å². The quantitative estimate of drug-likeness (QED) is 0.249. The molecule has 1 aliphatic rings. The number of benzene rings is 1. The third kappa shape index (κ3) is 6.69. The van der Waals surface area contributed by atoms with Crippen molar-refractivity contribution in [1.29, 1.82) is 0 Å². The molecule has 2 aromatic rings. The molecule has 3 rings (SSSR count). The lowest BCUT2D eigenvalue weighted by molar-refractivity contribution is -0.129.